The van der Waals surface area contributed by atoms with Gasteiger partial charge in [-0.2, -0.15) is 0 Å². The molecule has 1 aliphatic heterocycles. The van der Waals surface area contributed by atoms with Crippen LogP contribution < -0.4 is 19.8 Å². The minimum atomic E-state index is -0.298. The smallest absolute Gasteiger partial charge is 0.258 e. The Kier molecular flexibility index (Phi) is 7.07. The van der Waals surface area contributed by atoms with E-state index in [9.17, 15) is 9.18 Å². The molecule has 0 radical (unpaired) electrons. The first-order chi connectivity index (χ1) is 15.6. The molecule has 0 aliphatic carbocycles. The van der Waals surface area contributed by atoms with E-state index in [2.05, 4.69) is 4.90 Å². The lowest BCUT2D eigenvalue weighted by Gasteiger charge is -2.16. The molecule has 0 spiro atoms. The second-order valence-corrected chi connectivity index (χ2v) is 7.72. The molecule has 1 fully saturated rings. The van der Waals surface area contributed by atoms with E-state index in [0.717, 1.165) is 25.2 Å². The lowest BCUT2D eigenvalue weighted by molar-refractivity contribution is 0.237. The first-order valence-corrected chi connectivity index (χ1v) is 10.8. The fourth-order valence-corrected chi connectivity index (χ4v) is 3.74. The van der Waals surface area contributed by atoms with Gasteiger partial charge < -0.3 is 14.2 Å². The Morgan fingerprint density at radius 2 is 1.69 bits per heavy atom. The summed E-state index contributed by atoms with van der Waals surface area (Å²) in [7, 11) is 1.57. The monoisotopic (exact) mass is 438 g/mol. The van der Waals surface area contributed by atoms with Gasteiger partial charge in [0.05, 0.1) is 12.8 Å². The minimum Gasteiger partial charge on any atom is -0.494 e. The van der Waals surface area contributed by atoms with Gasteiger partial charge in [0.1, 0.15) is 36.3 Å². The predicted molar refractivity (Wildman–Crippen MR) is 120 cm³/mol. The van der Waals surface area contributed by atoms with Gasteiger partial charge in [-0.3, -0.25) is 14.3 Å². The summed E-state index contributed by atoms with van der Waals surface area (Å²) >= 11 is 0. The zero-order chi connectivity index (χ0) is 22.3. The highest BCUT2D eigenvalue weighted by atomic mass is 19.1. The van der Waals surface area contributed by atoms with E-state index in [1.165, 1.54) is 35.6 Å². The summed E-state index contributed by atoms with van der Waals surface area (Å²) < 4.78 is 31.6. The summed E-state index contributed by atoms with van der Waals surface area (Å²) in [5, 5.41) is 0. The highest BCUT2D eigenvalue weighted by Gasteiger charge is 2.13. The number of aromatic nitrogens is 1. The molecule has 0 unspecified atom stereocenters. The molecule has 4 rings (SSSR count). The fourth-order valence-electron chi connectivity index (χ4n) is 3.74. The highest BCUT2D eigenvalue weighted by Crippen LogP contribution is 2.27. The largest absolute Gasteiger partial charge is 0.494 e. The molecule has 3 aromatic rings. The van der Waals surface area contributed by atoms with E-state index in [0.29, 0.717) is 29.5 Å². The van der Waals surface area contributed by atoms with Crippen LogP contribution in [-0.4, -0.2) is 42.8 Å². The van der Waals surface area contributed by atoms with E-state index in [1.807, 2.05) is 12.1 Å². The van der Waals surface area contributed by atoms with Crippen molar-refractivity contribution in [3.8, 4) is 22.9 Å². The molecular formula is C25H27FN2O4. The summed E-state index contributed by atoms with van der Waals surface area (Å²) in [4.78, 5) is 15.1. The standard InChI is InChI=1S/C25H27FN2O4/c1-30-24-16-21(31-15-14-27-11-2-3-12-27)8-9-23(24)28-13-10-22(17-25(28)29)32-18-19-4-6-20(26)7-5-19/h4-10,13,16-17H,2-3,11-12,14-15,18H2,1H3. The number of halogens is 1. The topological polar surface area (TPSA) is 52.9 Å². The summed E-state index contributed by atoms with van der Waals surface area (Å²) in [6.45, 7) is 4.04. The molecule has 6 nitrogen and oxygen atoms in total. The van der Waals surface area contributed by atoms with Crippen molar-refractivity contribution in [2.45, 2.75) is 19.4 Å². The van der Waals surface area contributed by atoms with E-state index in [-0.39, 0.29) is 18.0 Å². The molecule has 0 bridgehead atoms. The van der Waals surface area contributed by atoms with Crippen molar-refractivity contribution in [3.63, 3.8) is 0 Å². The molecule has 0 saturated carbocycles. The molecule has 0 amide bonds. The number of likely N-dealkylation sites (tertiary alicyclic amines) is 1. The zero-order valence-electron chi connectivity index (χ0n) is 18.1. The third-order valence-corrected chi connectivity index (χ3v) is 5.50. The van der Waals surface area contributed by atoms with Crippen LogP contribution in [0.15, 0.2) is 65.6 Å². The van der Waals surface area contributed by atoms with Crippen molar-refractivity contribution in [2.75, 3.05) is 33.4 Å². The quantitative estimate of drug-likeness (QED) is 0.505. The van der Waals surface area contributed by atoms with Crippen molar-refractivity contribution < 1.29 is 18.6 Å². The van der Waals surface area contributed by atoms with Crippen molar-refractivity contribution in [2.24, 2.45) is 0 Å². The third-order valence-electron chi connectivity index (χ3n) is 5.50. The molecule has 7 heteroatoms. The van der Waals surface area contributed by atoms with Crippen LogP contribution in [-0.2, 0) is 6.61 Å². The lowest BCUT2D eigenvalue weighted by Crippen LogP contribution is -2.25. The van der Waals surface area contributed by atoms with Gasteiger partial charge in [-0.05, 0) is 61.8 Å². The maximum Gasteiger partial charge on any atom is 0.258 e. The van der Waals surface area contributed by atoms with Crippen molar-refractivity contribution in [1.82, 2.24) is 9.47 Å². The molecule has 2 aromatic carbocycles. The Morgan fingerprint density at radius 3 is 2.41 bits per heavy atom. The van der Waals surface area contributed by atoms with Crippen LogP contribution >= 0.6 is 0 Å². The number of hydrogen-bond donors (Lipinski definition) is 0. The van der Waals surface area contributed by atoms with E-state index in [4.69, 9.17) is 14.2 Å². The Labute approximate surface area is 186 Å². The Hall–Kier alpha value is -3.32. The average molecular weight is 438 g/mol. The van der Waals surface area contributed by atoms with Crippen LogP contribution in [0.2, 0.25) is 0 Å². The molecule has 0 atom stereocenters. The zero-order valence-corrected chi connectivity index (χ0v) is 18.1. The van der Waals surface area contributed by atoms with Crippen molar-refractivity contribution in [3.05, 3.63) is 82.5 Å². The van der Waals surface area contributed by atoms with Gasteiger partial charge in [0.2, 0.25) is 0 Å². The minimum absolute atomic E-state index is 0.247. The molecule has 2 heterocycles. The van der Waals surface area contributed by atoms with Crippen LogP contribution in [0.1, 0.15) is 18.4 Å². The van der Waals surface area contributed by atoms with Gasteiger partial charge >= 0.3 is 0 Å². The van der Waals surface area contributed by atoms with Gasteiger partial charge in [0, 0.05) is 24.9 Å². The summed E-state index contributed by atoms with van der Waals surface area (Å²) in [6.07, 6.45) is 4.16. The molecule has 1 aliphatic rings. The van der Waals surface area contributed by atoms with Gasteiger partial charge in [-0.25, -0.2) is 4.39 Å². The van der Waals surface area contributed by atoms with Crippen LogP contribution in [0, 0.1) is 5.82 Å². The van der Waals surface area contributed by atoms with E-state index >= 15 is 0 Å². The molecule has 168 valence electrons. The first kappa shape index (κ1) is 21.9. The number of benzene rings is 2. The molecule has 1 saturated heterocycles. The van der Waals surface area contributed by atoms with E-state index in [1.54, 1.807) is 37.6 Å². The third kappa shape index (κ3) is 5.48. The summed E-state index contributed by atoms with van der Waals surface area (Å²) in [6, 6.07) is 14.6. The van der Waals surface area contributed by atoms with Gasteiger partial charge in [-0.15, -0.1) is 0 Å². The van der Waals surface area contributed by atoms with Crippen molar-refractivity contribution >= 4 is 0 Å². The molecule has 1 aromatic heterocycles. The Bertz CT molecular complexity index is 1090. The number of nitrogens with zero attached hydrogens (tertiary/aromatic N) is 2. The van der Waals surface area contributed by atoms with Gasteiger partial charge in [0.25, 0.3) is 5.56 Å². The Balaban J connectivity index is 1.42. The van der Waals surface area contributed by atoms with Crippen LogP contribution in [0.4, 0.5) is 4.39 Å². The maximum atomic E-state index is 13.0. The summed E-state index contributed by atoms with van der Waals surface area (Å²) in [5.41, 5.74) is 1.19. The molecule has 0 N–H and O–H groups in total. The fraction of sp³-hybridized carbons (Fsp3) is 0.320. The molecule has 32 heavy (non-hydrogen) atoms. The number of pyridine rings is 1. The number of hydrogen-bond acceptors (Lipinski definition) is 5. The number of rotatable bonds is 9. The normalized spacial score (nSPS) is 13.8. The second kappa shape index (κ2) is 10.3. The average Bonchev–Trinajstić information content (AvgIpc) is 3.32. The van der Waals surface area contributed by atoms with Gasteiger partial charge in [-0.1, -0.05) is 12.1 Å². The van der Waals surface area contributed by atoms with Crippen LogP contribution in [0.3, 0.4) is 0 Å². The predicted octanol–water partition coefficient (Wildman–Crippen LogP) is 4.04. The first-order valence-electron chi connectivity index (χ1n) is 10.8. The summed E-state index contributed by atoms with van der Waals surface area (Å²) in [5.74, 6) is 1.40. The Morgan fingerprint density at radius 1 is 0.938 bits per heavy atom. The maximum absolute atomic E-state index is 13.0. The van der Waals surface area contributed by atoms with Crippen LogP contribution in [0.5, 0.6) is 17.2 Å². The lowest BCUT2D eigenvalue weighted by atomic mass is 10.2. The molecular weight excluding hydrogens is 411 g/mol. The highest BCUT2D eigenvalue weighted by molar-refractivity contribution is 5.51. The van der Waals surface area contributed by atoms with Gasteiger partial charge in [0.15, 0.2) is 0 Å². The van der Waals surface area contributed by atoms with E-state index < -0.39 is 0 Å². The second-order valence-electron chi connectivity index (χ2n) is 7.72. The SMILES string of the molecule is COc1cc(OCCN2CCCC2)ccc1-n1ccc(OCc2ccc(F)cc2)cc1=O. The number of ether oxygens (including phenoxy) is 3. The van der Waals surface area contributed by atoms with Crippen molar-refractivity contribution in [1.29, 1.82) is 0 Å². The van der Waals surface area contributed by atoms with Crippen LogP contribution in [0.25, 0.3) is 5.69 Å². The number of methoxy groups -OCH3 is 1.